The average Bonchev–Trinajstić information content (AvgIpc) is 2.86. The molecule has 1 aromatic heterocycles. The van der Waals surface area contributed by atoms with Gasteiger partial charge in [-0.1, -0.05) is 13.0 Å². The van der Waals surface area contributed by atoms with E-state index in [1.165, 1.54) is 19.3 Å². The van der Waals surface area contributed by atoms with Gasteiger partial charge in [-0.25, -0.2) is 9.97 Å². The number of halogens is 9. The van der Waals surface area contributed by atoms with Crippen molar-refractivity contribution in [2.24, 2.45) is 10.8 Å². The third kappa shape index (κ3) is 7.79. The van der Waals surface area contributed by atoms with Crippen LogP contribution in [0, 0.1) is 6.92 Å². The molecule has 2 aromatic carbocycles. The van der Waals surface area contributed by atoms with Crippen LogP contribution < -0.4 is 11.2 Å². The van der Waals surface area contributed by atoms with Gasteiger partial charge in [-0.3, -0.25) is 0 Å². The predicted octanol–water partition coefficient (Wildman–Crippen LogP) is 6.52. The maximum Gasteiger partial charge on any atom is 0.416 e. The van der Waals surface area contributed by atoms with E-state index >= 15 is 0 Å². The van der Waals surface area contributed by atoms with Gasteiger partial charge in [0.2, 0.25) is 5.96 Å². The molecule has 0 aliphatic heterocycles. The number of nitrogens with two attached hydrogens (primary N) is 1. The van der Waals surface area contributed by atoms with Crippen molar-refractivity contribution in [3.63, 3.8) is 0 Å². The molecule has 0 spiro atoms. The Hall–Kier alpha value is -4.04. The Morgan fingerprint density at radius 2 is 1.44 bits per heavy atom. The summed E-state index contributed by atoms with van der Waals surface area (Å²) in [6.07, 6.45) is -13.0. The summed E-state index contributed by atoms with van der Waals surface area (Å²) in [5.41, 5.74) is 4.97. The molecule has 41 heavy (non-hydrogen) atoms. The van der Waals surface area contributed by atoms with Crippen LogP contribution in [-0.2, 0) is 38.0 Å². The number of nitrogens with zero attached hydrogens (tertiary/aromatic N) is 4. The molecule has 0 amide bonds. The highest BCUT2D eigenvalue weighted by Gasteiger charge is 2.37. The minimum atomic E-state index is -5.10. The van der Waals surface area contributed by atoms with E-state index in [0.717, 1.165) is 17.0 Å². The molecule has 0 unspecified atom stereocenters. The highest BCUT2D eigenvalue weighted by molar-refractivity contribution is 5.78. The van der Waals surface area contributed by atoms with Crippen molar-refractivity contribution in [1.82, 2.24) is 20.3 Å². The number of rotatable bonds is 7. The number of aromatic nitrogens is 2. The van der Waals surface area contributed by atoms with E-state index in [4.69, 9.17) is 5.73 Å². The Labute approximate surface area is 229 Å². The normalized spacial score (nSPS) is 12.9. The Kier molecular flexibility index (Phi) is 9.08. The molecule has 3 aromatic rings. The molecule has 0 aliphatic carbocycles. The lowest BCUT2D eigenvalue weighted by Crippen LogP contribution is -2.38. The summed E-state index contributed by atoms with van der Waals surface area (Å²) in [7, 11) is 1.34. The third-order valence-corrected chi connectivity index (χ3v) is 5.99. The van der Waals surface area contributed by atoms with E-state index in [1.807, 2.05) is 0 Å². The van der Waals surface area contributed by atoms with Crippen molar-refractivity contribution in [1.29, 1.82) is 0 Å². The summed E-state index contributed by atoms with van der Waals surface area (Å²) in [4.78, 5) is 9.56. The summed E-state index contributed by atoms with van der Waals surface area (Å²) < 4.78 is 122. The molecule has 0 radical (unpaired) electrons. The topological polar surface area (TPSA) is 79.4 Å². The van der Waals surface area contributed by atoms with Gasteiger partial charge in [-0.15, -0.1) is 5.10 Å². The van der Waals surface area contributed by atoms with E-state index < -0.39 is 59.8 Å². The van der Waals surface area contributed by atoms with Crippen molar-refractivity contribution >= 4 is 5.96 Å². The van der Waals surface area contributed by atoms with Crippen LogP contribution in [0.15, 0.2) is 47.7 Å². The van der Waals surface area contributed by atoms with Gasteiger partial charge in [0.15, 0.2) is 0 Å². The van der Waals surface area contributed by atoms with Crippen molar-refractivity contribution in [2.45, 2.75) is 51.9 Å². The van der Waals surface area contributed by atoms with Crippen LogP contribution in [0.25, 0.3) is 11.3 Å². The first-order valence-corrected chi connectivity index (χ1v) is 12.0. The molecule has 6 nitrogen and oxygen atoms in total. The lowest BCUT2D eigenvalue weighted by atomic mass is 9.96. The summed E-state index contributed by atoms with van der Waals surface area (Å²) >= 11 is 0. The number of hydrazone groups is 1. The van der Waals surface area contributed by atoms with Gasteiger partial charge >= 0.3 is 18.5 Å². The average molecular weight is 593 g/mol. The van der Waals surface area contributed by atoms with Crippen LogP contribution in [0.4, 0.5) is 39.5 Å². The summed E-state index contributed by atoms with van der Waals surface area (Å²) in [6, 6.07) is 3.91. The zero-order valence-electron chi connectivity index (χ0n) is 21.9. The quantitative estimate of drug-likeness (QED) is 0.141. The monoisotopic (exact) mass is 592 g/mol. The Morgan fingerprint density at radius 1 is 0.854 bits per heavy atom. The maximum absolute atomic E-state index is 13.7. The van der Waals surface area contributed by atoms with Gasteiger partial charge < -0.3 is 16.1 Å². The fourth-order valence-electron chi connectivity index (χ4n) is 4.06. The molecule has 0 bridgehead atoms. The fraction of sp³-hybridized carbons (Fsp3) is 0.346. The third-order valence-electron chi connectivity index (χ3n) is 5.99. The molecule has 0 fully saturated rings. The first kappa shape index (κ1) is 31.5. The largest absolute Gasteiger partial charge is 0.416 e. The molecule has 15 heteroatoms. The van der Waals surface area contributed by atoms with Crippen LogP contribution >= 0.6 is 0 Å². The van der Waals surface area contributed by atoms with Gasteiger partial charge in [0.05, 0.1) is 22.4 Å². The number of benzene rings is 2. The number of alkyl halides is 9. The van der Waals surface area contributed by atoms with E-state index in [2.05, 4.69) is 20.5 Å². The van der Waals surface area contributed by atoms with Gasteiger partial charge in [-0.2, -0.15) is 39.5 Å². The lowest BCUT2D eigenvalue weighted by Gasteiger charge is -2.26. The molecule has 0 saturated carbocycles. The van der Waals surface area contributed by atoms with Crippen molar-refractivity contribution in [2.75, 3.05) is 7.05 Å². The van der Waals surface area contributed by atoms with E-state index in [0.29, 0.717) is 35.6 Å². The lowest BCUT2D eigenvalue weighted by molar-refractivity contribution is -0.143. The van der Waals surface area contributed by atoms with Crippen LogP contribution in [0.1, 0.15) is 46.1 Å². The van der Waals surface area contributed by atoms with Crippen LogP contribution in [0.2, 0.25) is 0 Å². The van der Waals surface area contributed by atoms with Crippen LogP contribution in [0.3, 0.4) is 0 Å². The van der Waals surface area contributed by atoms with Crippen molar-refractivity contribution in [3.8, 4) is 11.3 Å². The standard InChI is InChI=1S/C26H25F9N6/c1-4-16-11-38-14(2)39-22(16)21-6-5-18(24(27,28)29)9-17(21)13-41(23(36)40-37-3)12-15-7-19(25(30,31)32)10-20(8-15)26(33,34)35/h5-11,37H,4,12-13H2,1-3H3,(H2,36,40). The van der Waals surface area contributed by atoms with E-state index in [-0.39, 0.29) is 17.2 Å². The second-order valence-corrected chi connectivity index (χ2v) is 8.98. The molecule has 0 atom stereocenters. The predicted molar refractivity (Wildman–Crippen MR) is 133 cm³/mol. The molecule has 3 rings (SSSR count). The SMILES string of the molecule is CCc1cnc(C)nc1-c1ccc(C(F)(F)F)cc1CN(Cc1cc(C(F)(F)F)cc(C(F)(F)F)c1)/C(N)=N/NC. The molecule has 0 aliphatic rings. The van der Waals surface area contributed by atoms with Gasteiger partial charge in [0.25, 0.3) is 0 Å². The second kappa shape index (κ2) is 11.8. The molecule has 0 saturated heterocycles. The molecule has 3 N–H and O–H groups in total. The second-order valence-electron chi connectivity index (χ2n) is 8.98. The molecule has 222 valence electrons. The van der Waals surface area contributed by atoms with E-state index in [1.54, 1.807) is 13.8 Å². The summed E-state index contributed by atoms with van der Waals surface area (Å²) in [5, 5.41) is 3.76. The Balaban J connectivity index is 2.20. The van der Waals surface area contributed by atoms with Gasteiger partial charge in [0.1, 0.15) is 5.82 Å². The number of guanidine groups is 1. The highest BCUT2D eigenvalue weighted by atomic mass is 19.4. The number of hydrogen-bond donors (Lipinski definition) is 2. The zero-order valence-corrected chi connectivity index (χ0v) is 21.9. The minimum Gasteiger partial charge on any atom is -0.368 e. The minimum absolute atomic E-state index is 0.00454. The maximum atomic E-state index is 13.7. The number of aryl methyl sites for hydroxylation is 2. The summed E-state index contributed by atoms with van der Waals surface area (Å²) in [6.45, 7) is 2.25. The Bertz CT molecular complexity index is 1380. The molecular weight excluding hydrogens is 567 g/mol. The first-order chi connectivity index (χ1) is 18.9. The number of hydrogen-bond acceptors (Lipinski definition) is 4. The fourth-order valence-corrected chi connectivity index (χ4v) is 4.06. The highest BCUT2D eigenvalue weighted by Crippen LogP contribution is 2.38. The van der Waals surface area contributed by atoms with E-state index in [9.17, 15) is 39.5 Å². The van der Waals surface area contributed by atoms with Crippen LogP contribution in [0.5, 0.6) is 0 Å². The summed E-state index contributed by atoms with van der Waals surface area (Å²) in [5.74, 6) is -0.0591. The molecular formula is C26H25F9N6. The first-order valence-electron chi connectivity index (χ1n) is 12.0. The Morgan fingerprint density at radius 3 is 1.95 bits per heavy atom. The zero-order chi connectivity index (χ0) is 30.8. The van der Waals surface area contributed by atoms with Gasteiger partial charge in [0, 0.05) is 31.9 Å². The van der Waals surface area contributed by atoms with Crippen LogP contribution in [-0.4, -0.2) is 27.9 Å². The number of nitrogens with one attached hydrogen (secondary N) is 1. The van der Waals surface area contributed by atoms with Crippen molar-refractivity contribution in [3.05, 3.63) is 81.8 Å². The van der Waals surface area contributed by atoms with Gasteiger partial charge in [-0.05, 0) is 60.4 Å². The van der Waals surface area contributed by atoms with Crippen molar-refractivity contribution < 1.29 is 39.5 Å². The molecule has 1 heterocycles. The smallest absolute Gasteiger partial charge is 0.368 e.